The van der Waals surface area contributed by atoms with Gasteiger partial charge in [-0.15, -0.1) is 0 Å². The van der Waals surface area contributed by atoms with Gasteiger partial charge in [0.2, 0.25) is 0 Å². The Morgan fingerprint density at radius 2 is 1.56 bits per heavy atom. The van der Waals surface area contributed by atoms with E-state index < -0.39 is 0 Å². The molecule has 3 rings (SSSR count). The van der Waals surface area contributed by atoms with Crippen LogP contribution in [0.2, 0.25) is 0 Å². The molecule has 0 aromatic heterocycles. The van der Waals surface area contributed by atoms with Gasteiger partial charge in [0.1, 0.15) is 13.2 Å². The van der Waals surface area contributed by atoms with Crippen molar-refractivity contribution in [3.8, 4) is 46.7 Å². The van der Waals surface area contributed by atoms with E-state index in [4.69, 9.17) is 24.1 Å². The molecule has 0 amide bonds. The van der Waals surface area contributed by atoms with Crippen LogP contribution in [0.5, 0.6) is 23.0 Å². The number of aliphatic hydroxyl groups excluding tert-OH is 1. The van der Waals surface area contributed by atoms with Gasteiger partial charge < -0.3 is 24.1 Å². The normalized spacial score (nSPS) is 11.5. The third-order valence-corrected chi connectivity index (χ3v) is 3.87. The Kier molecular flexibility index (Phi) is 6.10. The lowest BCUT2D eigenvalue weighted by molar-refractivity contribution is 0.171. The lowest BCUT2D eigenvalue weighted by Gasteiger charge is -2.19. The van der Waals surface area contributed by atoms with Crippen molar-refractivity contribution in [2.24, 2.45) is 0 Å². The summed E-state index contributed by atoms with van der Waals surface area (Å²) >= 11 is 0. The number of ether oxygens (including phenoxy) is 4. The molecule has 0 atom stereocenters. The Labute approximate surface area is 158 Å². The molecule has 0 bridgehead atoms. The van der Waals surface area contributed by atoms with Crippen LogP contribution in [0, 0.1) is 23.7 Å². The Bertz CT molecular complexity index is 941. The molecule has 0 saturated carbocycles. The Balaban J connectivity index is 1.99. The molecule has 0 saturated heterocycles. The van der Waals surface area contributed by atoms with Gasteiger partial charge in [-0.3, -0.25) is 0 Å². The molecule has 0 fully saturated rings. The van der Waals surface area contributed by atoms with Gasteiger partial charge in [-0.1, -0.05) is 23.7 Å². The first-order chi connectivity index (χ1) is 13.2. The van der Waals surface area contributed by atoms with Gasteiger partial charge in [-0.2, -0.15) is 0 Å². The quantitative estimate of drug-likeness (QED) is 0.849. The molecular weight excluding hydrogens is 344 g/mol. The van der Waals surface area contributed by atoms with E-state index >= 15 is 0 Å². The molecule has 0 radical (unpaired) electrons. The second-order valence-electron chi connectivity index (χ2n) is 5.64. The molecule has 0 aliphatic carbocycles. The molecule has 27 heavy (non-hydrogen) atoms. The molecule has 5 nitrogen and oxygen atoms in total. The number of benzene rings is 2. The molecule has 2 aromatic rings. The number of rotatable bonds is 3. The minimum atomic E-state index is 0.0181. The smallest absolute Gasteiger partial charge is 0.162 e. The highest BCUT2D eigenvalue weighted by Crippen LogP contribution is 2.33. The molecule has 1 aliphatic rings. The van der Waals surface area contributed by atoms with Gasteiger partial charge in [-0.25, -0.2) is 0 Å². The first kappa shape index (κ1) is 18.5. The first-order valence-electron chi connectivity index (χ1n) is 8.52. The van der Waals surface area contributed by atoms with Crippen LogP contribution in [0.25, 0.3) is 0 Å². The summed E-state index contributed by atoms with van der Waals surface area (Å²) in [6, 6.07) is 9.17. The van der Waals surface area contributed by atoms with Gasteiger partial charge in [-0.05, 0) is 18.2 Å². The molecular formula is C22H20O5. The summed E-state index contributed by atoms with van der Waals surface area (Å²) in [5.74, 6) is 14.8. The van der Waals surface area contributed by atoms with E-state index in [0.29, 0.717) is 42.6 Å². The highest BCUT2D eigenvalue weighted by molar-refractivity contribution is 5.60. The number of hydrogen-bond acceptors (Lipinski definition) is 5. The summed E-state index contributed by atoms with van der Waals surface area (Å²) in [4.78, 5) is 0. The number of hydrogen-bond donors (Lipinski definition) is 1. The molecule has 0 unspecified atom stereocenters. The van der Waals surface area contributed by atoms with Gasteiger partial charge in [0, 0.05) is 35.2 Å². The summed E-state index contributed by atoms with van der Waals surface area (Å²) < 4.78 is 21.8. The fourth-order valence-electron chi connectivity index (χ4n) is 2.56. The molecule has 0 spiro atoms. The van der Waals surface area contributed by atoms with Gasteiger partial charge in [0.05, 0.1) is 20.8 Å². The van der Waals surface area contributed by atoms with Crippen LogP contribution < -0.4 is 18.9 Å². The SMILES string of the molecule is COc1ccc(C#Cc2cc3c(cc2C#CCCO)OCCO3)cc1OC. The maximum atomic E-state index is 8.95. The molecule has 5 heteroatoms. The van der Waals surface area contributed by atoms with Gasteiger partial charge in [0.15, 0.2) is 23.0 Å². The zero-order valence-electron chi connectivity index (χ0n) is 15.3. The fraction of sp³-hybridized carbons (Fsp3) is 0.273. The summed E-state index contributed by atoms with van der Waals surface area (Å²) in [5, 5.41) is 8.95. The largest absolute Gasteiger partial charge is 0.493 e. The van der Waals surface area contributed by atoms with E-state index in [-0.39, 0.29) is 6.61 Å². The van der Waals surface area contributed by atoms with Crippen molar-refractivity contribution >= 4 is 0 Å². The van der Waals surface area contributed by atoms with E-state index in [0.717, 1.165) is 16.7 Å². The number of methoxy groups -OCH3 is 2. The highest BCUT2D eigenvalue weighted by atomic mass is 16.6. The van der Waals surface area contributed by atoms with Crippen LogP contribution in [0.4, 0.5) is 0 Å². The second kappa shape index (κ2) is 8.89. The molecule has 2 aromatic carbocycles. The molecule has 1 N–H and O–H groups in total. The van der Waals surface area contributed by atoms with Crippen molar-refractivity contribution in [2.75, 3.05) is 34.0 Å². The first-order valence-corrected chi connectivity index (χ1v) is 8.52. The zero-order chi connectivity index (χ0) is 19.1. The zero-order valence-corrected chi connectivity index (χ0v) is 15.3. The highest BCUT2D eigenvalue weighted by Gasteiger charge is 2.14. The van der Waals surface area contributed by atoms with Crippen LogP contribution in [-0.4, -0.2) is 39.1 Å². The van der Waals surface area contributed by atoms with Crippen molar-refractivity contribution in [1.82, 2.24) is 0 Å². The van der Waals surface area contributed by atoms with Crippen molar-refractivity contribution in [3.05, 3.63) is 47.0 Å². The maximum absolute atomic E-state index is 8.95. The lowest BCUT2D eigenvalue weighted by atomic mass is 10.1. The summed E-state index contributed by atoms with van der Waals surface area (Å²) in [7, 11) is 3.18. The third-order valence-electron chi connectivity index (χ3n) is 3.87. The summed E-state index contributed by atoms with van der Waals surface area (Å²) in [6.45, 7) is 1.03. The van der Waals surface area contributed by atoms with Gasteiger partial charge >= 0.3 is 0 Å². The Morgan fingerprint density at radius 1 is 0.889 bits per heavy atom. The van der Waals surface area contributed by atoms with Crippen LogP contribution in [0.15, 0.2) is 30.3 Å². The van der Waals surface area contributed by atoms with Crippen LogP contribution in [-0.2, 0) is 0 Å². The van der Waals surface area contributed by atoms with E-state index in [2.05, 4.69) is 23.7 Å². The van der Waals surface area contributed by atoms with E-state index in [1.807, 2.05) is 30.3 Å². The lowest BCUT2D eigenvalue weighted by Crippen LogP contribution is -2.15. The van der Waals surface area contributed by atoms with Crippen molar-refractivity contribution < 1.29 is 24.1 Å². The number of fused-ring (bicyclic) bond motifs is 1. The predicted molar refractivity (Wildman–Crippen MR) is 102 cm³/mol. The number of aliphatic hydroxyl groups is 1. The standard InChI is InChI=1S/C22H20O5/c1-24-19-9-7-16(13-20(19)25-2)6-8-18-15-22-21(26-11-12-27-22)14-17(18)5-3-4-10-23/h7,9,13-15,23H,4,10-12H2,1-2H3. The average Bonchev–Trinajstić information content (AvgIpc) is 2.72. The van der Waals surface area contributed by atoms with Crippen LogP contribution in [0.3, 0.4) is 0 Å². The molecule has 1 aliphatic heterocycles. The average molecular weight is 364 g/mol. The fourth-order valence-corrected chi connectivity index (χ4v) is 2.56. The maximum Gasteiger partial charge on any atom is 0.162 e. The Hall–Kier alpha value is -3.28. The van der Waals surface area contributed by atoms with E-state index in [9.17, 15) is 0 Å². The van der Waals surface area contributed by atoms with E-state index in [1.165, 1.54) is 0 Å². The van der Waals surface area contributed by atoms with Crippen molar-refractivity contribution in [1.29, 1.82) is 0 Å². The summed E-state index contributed by atoms with van der Waals surface area (Å²) in [5.41, 5.74) is 2.26. The van der Waals surface area contributed by atoms with E-state index in [1.54, 1.807) is 14.2 Å². The third kappa shape index (κ3) is 4.47. The second-order valence-corrected chi connectivity index (χ2v) is 5.64. The molecule has 1 heterocycles. The topological polar surface area (TPSA) is 57.2 Å². The molecule has 138 valence electrons. The monoisotopic (exact) mass is 364 g/mol. The minimum Gasteiger partial charge on any atom is -0.493 e. The predicted octanol–water partition coefficient (Wildman–Crippen LogP) is 2.61. The van der Waals surface area contributed by atoms with Gasteiger partial charge in [0.25, 0.3) is 0 Å². The van der Waals surface area contributed by atoms with Crippen LogP contribution >= 0.6 is 0 Å². The Morgan fingerprint density at radius 3 is 2.19 bits per heavy atom. The minimum absolute atomic E-state index is 0.0181. The summed E-state index contributed by atoms with van der Waals surface area (Å²) in [6.07, 6.45) is 0.400. The van der Waals surface area contributed by atoms with Crippen molar-refractivity contribution in [2.45, 2.75) is 6.42 Å². The van der Waals surface area contributed by atoms with Crippen LogP contribution in [0.1, 0.15) is 23.1 Å². The van der Waals surface area contributed by atoms with Crippen molar-refractivity contribution in [3.63, 3.8) is 0 Å².